The minimum absolute atomic E-state index is 0.0599. The van der Waals surface area contributed by atoms with Gasteiger partial charge in [-0.3, -0.25) is 24.6 Å². The van der Waals surface area contributed by atoms with E-state index >= 15 is 0 Å². The van der Waals surface area contributed by atoms with Crippen LogP contribution in [0.1, 0.15) is 11.1 Å². The van der Waals surface area contributed by atoms with Crippen LogP contribution in [0, 0.1) is 13.7 Å². The molecule has 3 aromatic rings. The summed E-state index contributed by atoms with van der Waals surface area (Å²) < 4.78 is 31.7. The van der Waals surface area contributed by atoms with Gasteiger partial charge in [-0.1, -0.05) is 30.3 Å². The molecule has 0 saturated carbocycles. The van der Waals surface area contributed by atoms with E-state index in [2.05, 4.69) is 22.6 Å². The number of hydrogen-bond acceptors (Lipinski definition) is 8. The summed E-state index contributed by atoms with van der Waals surface area (Å²) in [6, 6.07) is 17.8. The number of imide groups is 1. The Bertz CT molecular complexity index is 1450. The second-order valence-corrected chi connectivity index (χ2v) is 11.0. The molecule has 0 spiro atoms. The van der Waals surface area contributed by atoms with Crippen molar-refractivity contribution in [2.45, 2.75) is 11.4 Å². The molecule has 2 amide bonds. The van der Waals surface area contributed by atoms with E-state index in [0.29, 0.717) is 0 Å². The molecule has 0 unspecified atom stereocenters. The smallest absolute Gasteiger partial charge is 0.339 e. The van der Waals surface area contributed by atoms with E-state index in [1.165, 1.54) is 12.1 Å². The highest BCUT2D eigenvalue weighted by molar-refractivity contribution is 14.1. The molecule has 178 valence electrons. The first-order valence-corrected chi connectivity index (χ1v) is 13.2. The Morgan fingerprint density at radius 3 is 2.31 bits per heavy atom. The summed E-state index contributed by atoms with van der Waals surface area (Å²) >= 11 is 2.92. The van der Waals surface area contributed by atoms with Crippen molar-refractivity contribution in [1.29, 1.82) is 0 Å². The van der Waals surface area contributed by atoms with E-state index in [1.54, 1.807) is 18.2 Å². The van der Waals surface area contributed by atoms with Crippen molar-refractivity contribution < 1.29 is 27.1 Å². The van der Waals surface area contributed by atoms with Crippen molar-refractivity contribution in [3.8, 4) is 5.75 Å². The van der Waals surface area contributed by atoms with Crippen LogP contribution in [0.4, 0.5) is 10.5 Å². The molecule has 1 aliphatic rings. The van der Waals surface area contributed by atoms with E-state index in [4.69, 9.17) is 4.18 Å². The van der Waals surface area contributed by atoms with Crippen LogP contribution < -0.4 is 4.18 Å². The molecule has 0 bridgehead atoms. The Morgan fingerprint density at radius 1 is 1.00 bits per heavy atom. The Hall–Kier alpha value is -3.23. The standard InChI is InChI=1S/C23H15IN2O7S2/c24-17-7-5-15(6-8-17)14-25-22(27)21(34-23(25)28)13-16-3-1-2-4-20(16)33-35(31,32)19-11-9-18(10-12-19)26(29)30/h1-13H,14H2/b21-13-. The fraction of sp³-hybridized carbons (Fsp3) is 0.0435. The number of carbonyl (C=O) groups excluding carboxylic acids is 2. The fourth-order valence-corrected chi connectivity index (χ4v) is 5.27. The van der Waals surface area contributed by atoms with Crippen molar-refractivity contribution in [2.75, 3.05) is 0 Å². The minimum Gasteiger partial charge on any atom is -0.378 e. The number of halogens is 1. The highest BCUT2D eigenvalue weighted by atomic mass is 127. The zero-order chi connectivity index (χ0) is 25.2. The molecule has 0 atom stereocenters. The van der Waals surface area contributed by atoms with Crippen LogP contribution in [0.5, 0.6) is 5.75 Å². The maximum Gasteiger partial charge on any atom is 0.339 e. The average Bonchev–Trinajstić information content (AvgIpc) is 3.09. The molecular weight excluding hydrogens is 607 g/mol. The number of nitro benzene ring substituents is 1. The molecule has 9 nitrogen and oxygen atoms in total. The molecule has 12 heteroatoms. The molecule has 1 heterocycles. The number of carbonyl (C=O) groups is 2. The van der Waals surface area contributed by atoms with E-state index < -0.39 is 26.2 Å². The SMILES string of the molecule is O=C1S/C(=C\c2ccccc2OS(=O)(=O)c2ccc([N+](=O)[O-])cc2)C(=O)N1Cc1ccc(I)cc1. The predicted octanol–water partition coefficient (Wildman–Crippen LogP) is 5.20. The van der Waals surface area contributed by atoms with Gasteiger partial charge in [0.15, 0.2) is 0 Å². The van der Waals surface area contributed by atoms with Gasteiger partial charge in [0.05, 0.1) is 16.4 Å². The molecule has 0 radical (unpaired) electrons. The third kappa shape index (κ3) is 5.71. The average molecular weight is 622 g/mol. The van der Waals surface area contributed by atoms with Crippen LogP contribution in [-0.2, 0) is 21.5 Å². The lowest BCUT2D eigenvalue weighted by molar-refractivity contribution is -0.384. The van der Waals surface area contributed by atoms with Crippen LogP contribution >= 0.6 is 34.4 Å². The minimum atomic E-state index is -4.31. The second kappa shape index (κ2) is 10.2. The normalized spacial score (nSPS) is 15.0. The largest absolute Gasteiger partial charge is 0.378 e. The quantitative estimate of drug-likeness (QED) is 0.116. The second-order valence-electron chi connectivity index (χ2n) is 7.22. The lowest BCUT2D eigenvalue weighted by Crippen LogP contribution is -2.27. The molecule has 4 rings (SSSR count). The summed E-state index contributed by atoms with van der Waals surface area (Å²) in [6.45, 7) is 0.117. The van der Waals surface area contributed by atoms with Gasteiger partial charge in [0.1, 0.15) is 10.6 Å². The predicted molar refractivity (Wildman–Crippen MR) is 138 cm³/mol. The first-order chi connectivity index (χ1) is 16.6. The summed E-state index contributed by atoms with van der Waals surface area (Å²) in [6.07, 6.45) is 1.40. The van der Waals surface area contributed by atoms with E-state index in [-0.39, 0.29) is 33.3 Å². The maximum absolute atomic E-state index is 12.9. The number of rotatable bonds is 7. The number of thioether (sulfide) groups is 1. The molecule has 0 aliphatic carbocycles. The maximum atomic E-state index is 12.9. The van der Waals surface area contributed by atoms with Gasteiger partial charge in [-0.15, -0.1) is 0 Å². The van der Waals surface area contributed by atoms with Crippen molar-refractivity contribution in [3.63, 3.8) is 0 Å². The number of para-hydroxylation sites is 1. The molecule has 1 aliphatic heterocycles. The molecule has 1 fully saturated rings. The van der Waals surface area contributed by atoms with Gasteiger partial charge in [-0.25, -0.2) is 0 Å². The third-order valence-electron chi connectivity index (χ3n) is 4.87. The van der Waals surface area contributed by atoms with Gasteiger partial charge < -0.3 is 4.18 Å². The van der Waals surface area contributed by atoms with Crippen LogP contribution in [0.2, 0.25) is 0 Å². The summed E-state index contributed by atoms with van der Waals surface area (Å²) in [5.41, 5.74) is 0.815. The lowest BCUT2D eigenvalue weighted by atomic mass is 10.2. The van der Waals surface area contributed by atoms with Crippen LogP contribution in [-0.4, -0.2) is 29.4 Å². The number of hydrogen-bond donors (Lipinski definition) is 0. The number of amides is 2. The van der Waals surface area contributed by atoms with Crippen LogP contribution in [0.3, 0.4) is 0 Å². The van der Waals surface area contributed by atoms with Crippen LogP contribution in [0.25, 0.3) is 6.08 Å². The van der Waals surface area contributed by atoms with E-state index in [0.717, 1.165) is 50.1 Å². The number of nitro groups is 1. The molecule has 3 aromatic carbocycles. The van der Waals surface area contributed by atoms with Crippen molar-refractivity contribution >= 4 is 67.4 Å². The number of benzene rings is 3. The van der Waals surface area contributed by atoms with E-state index in [1.807, 2.05) is 24.3 Å². The monoisotopic (exact) mass is 622 g/mol. The molecule has 0 aromatic heterocycles. The summed E-state index contributed by atoms with van der Waals surface area (Å²) in [4.78, 5) is 36.5. The zero-order valence-electron chi connectivity index (χ0n) is 17.7. The molecular formula is C23H15IN2O7S2. The molecule has 35 heavy (non-hydrogen) atoms. The Kier molecular flexibility index (Phi) is 7.23. The highest BCUT2D eigenvalue weighted by Crippen LogP contribution is 2.35. The first-order valence-electron chi connectivity index (χ1n) is 9.92. The van der Waals surface area contributed by atoms with E-state index in [9.17, 15) is 28.1 Å². The van der Waals surface area contributed by atoms with Gasteiger partial charge in [0, 0.05) is 21.3 Å². The Morgan fingerprint density at radius 2 is 1.66 bits per heavy atom. The zero-order valence-corrected chi connectivity index (χ0v) is 21.4. The van der Waals surface area contributed by atoms with Gasteiger partial charge in [-0.05, 0) is 76.3 Å². The summed E-state index contributed by atoms with van der Waals surface area (Å²) in [7, 11) is -4.31. The van der Waals surface area contributed by atoms with Crippen molar-refractivity contribution in [2.24, 2.45) is 0 Å². The Labute approximate surface area is 218 Å². The highest BCUT2D eigenvalue weighted by Gasteiger charge is 2.35. The van der Waals surface area contributed by atoms with Gasteiger partial charge in [0.2, 0.25) is 0 Å². The lowest BCUT2D eigenvalue weighted by Gasteiger charge is -2.12. The number of nitrogens with zero attached hydrogens (tertiary/aromatic N) is 2. The Balaban J connectivity index is 1.57. The van der Waals surface area contributed by atoms with Gasteiger partial charge in [0.25, 0.3) is 16.8 Å². The fourth-order valence-electron chi connectivity index (χ4n) is 3.13. The molecule has 0 N–H and O–H groups in total. The summed E-state index contributed by atoms with van der Waals surface area (Å²) in [5.74, 6) is -0.554. The first kappa shape index (κ1) is 24.9. The van der Waals surface area contributed by atoms with Gasteiger partial charge in [-0.2, -0.15) is 8.42 Å². The number of non-ortho nitro benzene ring substituents is 1. The van der Waals surface area contributed by atoms with Crippen molar-refractivity contribution in [1.82, 2.24) is 4.90 Å². The van der Waals surface area contributed by atoms with Gasteiger partial charge >= 0.3 is 10.1 Å². The van der Waals surface area contributed by atoms with Crippen molar-refractivity contribution in [3.05, 3.63) is 103 Å². The third-order valence-corrected chi connectivity index (χ3v) is 7.74. The van der Waals surface area contributed by atoms with Crippen LogP contribution in [0.15, 0.2) is 82.6 Å². The molecule has 1 saturated heterocycles. The topological polar surface area (TPSA) is 124 Å². The summed E-state index contributed by atoms with van der Waals surface area (Å²) in [5, 5.41) is 10.4.